The summed E-state index contributed by atoms with van der Waals surface area (Å²) in [7, 11) is 1.61. The summed E-state index contributed by atoms with van der Waals surface area (Å²) in [5.74, 6) is 0.916. The fourth-order valence-corrected chi connectivity index (χ4v) is 2.40. The Morgan fingerprint density at radius 2 is 2.28 bits per heavy atom. The zero-order valence-electron chi connectivity index (χ0n) is 11.0. The maximum absolute atomic E-state index is 12.5. The van der Waals surface area contributed by atoms with E-state index in [-0.39, 0.29) is 5.78 Å². The number of ether oxygens (including phenoxy) is 2. The summed E-state index contributed by atoms with van der Waals surface area (Å²) >= 11 is 0. The molecule has 0 N–H and O–H groups in total. The summed E-state index contributed by atoms with van der Waals surface area (Å²) in [5.41, 5.74) is -0.678. The molecule has 1 aliphatic rings. The van der Waals surface area contributed by atoms with Crippen LogP contribution < -0.4 is 0 Å². The molecular weight excluding hydrogens is 232 g/mol. The van der Waals surface area contributed by atoms with Crippen molar-refractivity contribution in [3.05, 3.63) is 18.2 Å². The van der Waals surface area contributed by atoms with Crippen LogP contribution in [0.2, 0.25) is 0 Å². The van der Waals surface area contributed by atoms with Crippen molar-refractivity contribution in [3.63, 3.8) is 0 Å². The van der Waals surface area contributed by atoms with E-state index in [1.54, 1.807) is 13.3 Å². The van der Waals surface area contributed by atoms with Gasteiger partial charge >= 0.3 is 0 Å². The van der Waals surface area contributed by atoms with E-state index in [9.17, 15) is 4.79 Å². The molecule has 1 aromatic heterocycles. The summed E-state index contributed by atoms with van der Waals surface area (Å²) in [6.07, 6.45) is 5.22. The van der Waals surface area contributed by atoms with Gasteiger partial charge in [-0.1, -0.05) is 0 Å². The van der Waals surface area contributed by atoms with Gasteiger partial charge in [0.15, 0.2) is 5.78 Å². The molecule has 100 valence electrons. The average Bonchev–Trinajstić information content (AvgIpc) is 2.86. The summed E-state index contributed by atoms with van der Waals surface area (Å²) < 4.78 is 12.8. The first-order chi connectivity index (χ1) is 8.72. The first kappa shape index (κ1) is 13.2. The minimum Gasteiger partial charge on any atom is -0.381 e. The van der Waals surface area contributed by atoms with Crippen LogP contribution in [0.25, 0.3) is 0 Å². The van der Waals surface area contributed by atoms with Crippen LogP contribution in [0.3, 0.4) is 0 Å². The number of rotatable bonds is 5. The quantitative estimate of drug-likeness (QED) is 0.790. The molecule has 0 spiro atoms. The highest BCUT2D eigenvalue weighted by atomic mass is 16.5. The minimum absolute atomic E-state index is 0.106. The fraction of sp³-hybridized carbons (Fsp3) is 0.692. The topological polar surface area (TPSA) is 53.4 Å². The van der Waals surface area contributed by atoms with E-state index in [1.807, 2.05) is 17.7 Å². The van der Waals surface area contributed by atoms with Gasteiger partial charge in [0, 0.05) is 52.1 Å². The minimum atomic E-state index is -0.678. The van der Waals surface area contributed by atoms with Gasteiger partial charge in [-0.2, -0.15) is 0 Å². The lowest BCUT2D eigenvalue weighted by molar-refractivity contribution is -0.152. The van der Waals surface area contributed by atoms with Crippen LogP contribution in [0.15, 0.2) is 12.4 Å². The van der Waals surface area contributed by atoms with Crippen LogP contribution in [0.1, 0.15) is 25.6 Å². The number of nitrogens with zero attached hydrogens (tertiary/aromatic N) is 2. The predicted octanol–water partition coefficient (Wildman–Crippen LogP) is 1.21. The summed E-state index contributed by atoms with van der Waals surface area (Å²) in [5, 5.41) is 0. The first-order valence-electron chi connectivity index (χ1n) is 6.38. The molecule has 1 aromatic rings. The van der Waals surface area contributed by atoms with E-state index in [0.717, 1.165) is 12.4 Å². The van der Waals surface area contributed by atoms with Crippen molar-refractivity contribution in [1.29, 1.82) is 0 Å². The number of methoxy groups -OCH3 is 1. The number of ketones is 1. The van der Waals surface area contributed by atoms with Gasteiger partial charge in [-0.3, -0.25) is 4.79 Å². The number of carbonyl (C=O) groups is 1. The molecule has 0 bridgehead atoms. The Bertz CT molecular complexity index is 408. The monoisotopic (exact) mass is 252 g/mol. The second-order valence-corrected chi connectivity index (χ2v) is 4.54. The summed E-state index contributed by atoms with van der Waals surface area (Å²) in [6.45, 7) is 4.03. The molecule has 5 heteroatoms. The second-order valence-electron chi connectivity index (χ2n) is 4.54. The maximum Gasteiger partial charge on any atom is 0.172 e. The zero-order valence-corrected chi connectivity index (χ0v) is 11.0. The van der Waals surface area contributed by atoms with Gasteiger partial charge in [0.25, 0.3) is 0 Å². The smallest absolute Gasteiger partial charge is 0.172 e. The Morgan fingerprint density at radius 1 is 1.56 bits per heavy atom. The van der Waals surface area contributed by atoms with Crippen LogP contribution in [0.5, 0.6) is 0 Å². The second kappa shape index (κ2) is 5.63. The van der Waals surface area contributed by atoms with Gasteiger partial charge < -0.3 is 14.0 Å². The highest BCUT2D eigenvalue weighted by molar-refractivity contribution is 5.88. The first-order valence-corrected chi connectivity index (χ1v) is 6.38. The van der Waals surface area contributed by atoms with Crippen molar-refractivity contribution in [1.82, 2.24) is 9.55 Å². The van der Waals surface area contributed by atoms with Crippen LogP contribution in [-0.4, -0.2) is 41.3 Å². The highest BCUT2D eigenvalue weighted by Gasteiger charge is 2.40. The third-order valence-corrected chi connectivity index (χ3v) is 3.66. The number of aromatic nitrogens is 2. The van der Waals surface area contributed by atoms with Crippen LogP contribution in [0.4, 0.5) is 0 Å². The number of hydrogen-bond donors (Lipinski definition) is 0. The molecule has 18 heavy (non-hydrogen) atoms. The molecule has 1 saturated heterocycles. The normalized spacial score (nSPS) is 18.8. The molecule has 0 unspecified atom stereocenters. The van der Waals surface area contributed by atoms with Gasteiger partial charge in [0.2, 0.25) is 0 Å². The largest absolute Gasteiger partial charge is 0.381 e. The summed E-state index contributed by atoms with van der Waals surface area (Å²) in [4.78, 5) is 16.7. The van der Waals surface area contributed by atoms with Gasteiger partial charge in [0.1, 0.15) is 11.4 Å². The van der Waals surface area contributed by atoms with Crippen LogP contribution in [-0.2, 0) is 27.2 Å². The molecule has 1 aliphatic heterocycles. The average molecular weight is 252 g/mol. The Morgan fingerprint density at radius 3 is 2.89 bits per heavy atom. The van der Waals surface area contributed by atoms with Gasteiger partial charge in [-0.15, -0.1) is 0 Å². The molecule has 0 saturated carbocycles. The lowest BCUT2D eigenvalue weighted by atomic mass is 9.87. The number of hydrogen-bond acceptors (Lipinski definition) is 4. The predicted molar refractivity (Wildman–Crippen MR) is 66.4 cm³/mol. The Hall–Kier alpha value is -1.20. The van der Waals surface area contributed by atoms with Gasteiger partial charge in [-0.05, 0) is 6.92 Å². The summed E-state index contributed by atoms with van der Waals surface area (Å²) in [6, 6.07) is 0. The number of aryl methyl sites for hydroxylation is 1. The van der Waals surface area contributed by atoms with Crippen molar-refractivity contribution in [2.45, 2.75) is 38.3 Å². The van der Waals surface area contributed by atoms with Crippen molar-refractivity contribution >= 4 is 5.78 Å². The highest BCUT2D eigenvalue weighted by Crippen LogP contribution is 2.26. The molecule has 0 radical (unpaired) electrons. The molecule has 0 amide bonds. The molecule has 1 fully saturated rings. The molecule has 0 aliphatic carbocycles. The van der Waals surface area contributed by atoms with Crippen LogP contribution in [0, 0.1) is 0 Å². The number of Topliss-reactive ketones (excluding diaryl/α,β-unsaturated/α-hetero) is 1. The SMILES string of the molecule is CCn1ccnc1CC(=O)C1(OC)CCOCC1. The standard InChI is InChI=1S/C13H20N2O3/c1-3-15-7-6-14-12(15)10-11(16)13(17-2)4-8-18-9-5-13/h6-7H,3-5,8-10H2,1-2H3. The van der Waals surface area contributed by atoms with E-state index in [4.69, 9.17) is 9.47 Å². The van der Waals surface area contributed by atoms with Crippen molar-refractivity contribution in [2.75, 3.05) is 20.3 Å². The maximum atomic E-state index is 12.5. The van der Waals surface area contributed by atoms with E-state index < -0.39 is 5.60 Å². The third-order valence-electron chi connectivity index (χ3n) is 3.66. The van der Waals surface area contributed by atoms with E-state index in [2.05, 4.69) is 4.98 Å². The zero-order chi connectivity index (χ0) is 13.0. The number of imidazole rings is 1. The molecule has 5 nitrogen and oxygen atoms in total. The molecule has 0 aromatic carbocycles. The number of carbonyl (C=O) groups excluding carboxylic acids is 1. The Labute approximate surface area is 107 Å². The van der Waals surface area contributed by atoms with E-state index in [0.29, 0.717) is 32.5 Å². The Kier molecular flexibility index (Phi) is 4.14. The Balaban J connectivity index is 2.10. The van der Waals surface area contributed by atoms with Gasteiger partial charge in [-0.25, -0.2) is 4.98 Å². The van der Waals surface area contributed by atoms with Crippen LogP contribution >= 0.6 is 0 Å². The van der Waals surface area contributed by atoms with Crippen molar-refractivity contribution < 1.29 is 14.3 Å². The lowest BCUT2D eigenvalue weighted by Crippen LogP contribution is -2.46. The molecule has 2 rings (SSSR count). The van der Waals surface area contributed by atoms with Gasteiger partial charge in [0.05, 0.1) is 6.42 Å². The van der Waals surface area contributed by atoms with Crippen molar-refractivity contribution in [2.24, 2.45) is 0 Å². The molecule has 2 heterocycles. The third kappa shape index (κ3) is 2.47. The fourth-order valence-electron chi connectivity index (χ4n) is 2.40. The van der Waals surface area contributed by atoms with E-state index in [1.165, 1.54) is 0 Å². The van der Waals surface area contributed by atoms with E-state index >= 15 is 0 Å². The molecule has 0 atom stereocenters. The van der Waals surface area contributed by atoms with Crippen molar-refractivity contribution in [3.8, 4) is 0 Å². The molecular formula is C13H20N2O3. The lowest BCUT2D eigenvalue weighted by Gasteiger charge is -2.34.